The second kappa shape index (κ2) is 2.97. The third-order valence-corrected chi connectivity index (χ3v) is 3.60. The van der Waals surface area contributed by atoms with Gasteiger partial charge in [0, 0.05) is 6.54 Å². The first-order chi connectivity index (χ1) is 6.84. The molecule has 74 valence electrons. The zero-order valence-electron chi connectivity index (χ0n) is 8.66. The summed E-state index contributed by atoms with van der Waals surface area (Å²) in [4.78, 5) is 4.37. The highest BCUT2D eigenvalue weighted by Crippen LogP contribution is 2.35. The molecule has 0 bridgehead atoms. The van der Waals surface area contributed by atoms with Gasteiger partial charge >= 0.3 is 0 Å². The van der Waals surface area contributed by atoms with Crippen molar-refractivity contribution in [2.45, 2.75) is 39.2 Å². The van der Waals surface area contributed by atoms with Crippen molar-refractivity contribution in [1.29, 1.82) is 0 Å². The van der Waals surface area contributed by atoms with E-state index in [9.17, 15) is 0 Å². The summed E-state index contributed by atoms with van der Waals surface area (Å²) in [7, 11) is 0. The maximum atomic E-state index is 4.37. The molecule has 0 radical (unpaired) electrons. The predicted octanol–water partition coefficient (Wildman–Crippen LogP) is 2.78. The van der Waals surface area contributed by atoms with Crippen LogP contribution in [0.4, 0.5) is 0 Å². The average molecular weight is 188 g/mol. The number of aryl methyl sites for hydroxylation is 1. The zero-order valence-corrected chi connectivity index (χ0v) is 8.66. The van der Waals surface area contributed by atoms with Gasteiger partial charge in [-0.15, -0.1) is 0 Å². The van der Waals surface area contributed by atoms with Crippen LogP contribution in [0.1, 0.15) is 37.1 Å². The van der Waals surface area contributed by atoms with Gasteiger partial charge in [0.1, 0.15) is 0 Å². The lowest BCUT2D eigenvalue weighted by molar-refractivity contribution is 0.395. The molecule has 0 spiro atoms. The Morgan fingerprint density at radius 3 is 3.29 bits per heavy atom. The number of rotatable bonds is 0. The number of nitrogens with zero attached hydrogens (tertiary/aromatic N) is 2. The van der Waals surface area contributed by atoms with E-state index in [-0.39, 0.29) is 0 Å². The number of hydrogen-bond donors (Lipinski definition) is 0. The number of allylic oxidation sites excluding steroid dienone is 1. The molecule has 1 unspecified atom stereocenters. The second-order valence-electron chi connectivity index (χ2n) is 4.53. The molecule has 1 aliphatic carbocycles. The molecular weight excluding hydrogens is 172 g/mol. The first kappa shape index (κ1) is 8.27. The van der Waals surface area contributed by atoms with Gasteiger partial charge < -0.3 is 4.57 Å². The highest BCUT2D eigenvalue weighted by molar-refractivity contribution is 5.54. The van der Waals surface area contributed by atoms with Crippen LogP contribution in [-0.4, -0.2) is 9.55 Å². The quantitative estimate of drug-likeness (QED) is 0.612. The molecule has 0 aromatic carbocycles. The number of aromatic nitrogens is 2. The monoisotopic (exact) mass is 188 g/mol. The molecule has 3 rings (SSSR count). The molecule has 1 atom stereocenters. The summed E-state index contributed by atoms with van der Waals surface area (Å²) < 4.78 is 2.31. The first-order valence-corrected chi connectivity index (χ1v) is 5.57. The Balaban J connectivity index is 2.04. The van der Waals surface area contributed by atoms with Gasteiger partial charge in [-0.2, -0.15) is 0 Å². The summed E-state index contributed by atoms with van der Waals surface area (Å²) in [6.07, 6.45) is 9.86. The van der Waals surface area contributed by atoms with E-state index in [2.05, 4.69) is 22.6 Å². The van der Waals surface area contributed by atoms with Crippen LogP contribution in [-0.2, 0) is 6.54 Å². The van der Waals surface area contributed by atoms with Crippen molar-refractivity contribution in [3.8, 4) is 0 Å². The Morgan fingerprint density at radius 1 is 1.43 bits per heavy atom. The van der Waals surface area contributed by atoms with E-state index in [4.69, 9.17) is 0 Å². The highest BCUT2D eigenvalue weighted by atomic mass is 15.1. The molecule has 1 aromatic rings. The molecule has 2 aliphatic rings. The Bertz CT molecular complexity index is 387. The Labute approximate surface area is 84.7 Å². The van der Waals surface area contributed by atoms with Crippen molar-refractivity contribution in [3.05, 3.63) is 23.3 Å². The van der Waals surface area contributed by atoms with E-state index in [0.29, 0.717) is 0 Å². The normalized spacial score (nSPS) is 25.2. The summed E-state index contributed by atoms with van der Waals surface area (Å²) in [6.45, 7) is 3.27. The lowest BCUT2D eigenvalue weighted by atomic mass is 9.82. The minimum Gasteiger partial charge on any atom is -0.330 e. The van der Waals surface area contributed by atoms with Crippen molar-refractivity contribution < 1.29 is 0 Å². The molecule has 1 fully saturated rings. The third-order valence-electron chi connectivity index (χ3n) is 3.60. The van der Waals surface area contributed by atoms with Gasteiger partial charge in [0.05, 0.1) is 17.7 Å². The molecule has 1 saturated carbocycles. The summed E-state index contributed by atoms with van der Waals surface area (Å²) in [5.74, 6) is 0.810. The smallest absolute Gasteiger partial charge is 0.0954 e. The largest absolute Gasteiger partial charge is 0.330 e. The standard InChI is InChI=1S/C12H16N2/c1-9-12-6-10-4-2-3-5-11(10)7-14(12)8-13-9/h6,8,11H,2-5,7H2,1H3. The van der Waals surface area contributed by atoms with Crippen LogP contribution in [0.3, 0.4) is 0 Å². The number of hydrogen-bond acceptors (Lipinski definition) is 1. The fraction of sp³-hybridized carbons (Fsp3) is 0.583. The SMILES string of the molecule is Cc1ncn2c1C=C1CCCCC1C2. The van der Waals surface area contributed by atoms with Gasteiger partial charge in [0.15, 0.2) is 0 Å². The van der Waals surface area contributed by atoms with Crippen molar-refractivity contribution in [2.75, 3.05) is 0 Å². The van der Waals surface area contributed by atoms with Crippen LogP contribution < -0.4 is 0 Å². The number of imidazole rings is 1. The first-order valence-electron chi connectivity index (χ1n) is 5.57. The Hall–Kier alpha value is -1.05. The highest BCUT2D eigenvalue weighted by Gasteiger charge is 2.24. The minimum atomic E-state index is 0.810. The van der Waals surface area contributed by atoms with Crippen molar-refractivity contribution in [2.24, 2.45) is 5.92 Å². The lowest BCUT2D eigenvalue weighted by Crippen LogP contribution is -2.21. The van der Waals surface area contributed by atoms with E-state index in [1.165, 1.54) is 43.6 Å². The van der Waals surface area contributed by atoms with E-state index < -0.39 is 0 Å². The molecule has 0 saturated heterocycles. The van der Waals surface area contributed by atoms with Gasteiger partial charge in [0.25, 0.3) is 0 Å². The van der Waals surface area contributed by atoms with Gasteiger partial charge in [-0.3, -0.25) is 0 Å². The van der Waals surface area contributed by atoms with Crippen LogP contribution in [0.2, 0.25) is 0 Å². The Morgan fingerprint density at radius 2 is 2.36 bits per heavy atom. The van der Waals surface area contributed by atoms with Crippen LogP contribution in [0, 0.1) is 12.8 Å². The molecule has 2 nitrogen and oxygen atoms in total. The minimum absolute atomic E-state index is 0.810. The van der Waals surface area contributed by atoms with Gasteiger partial charge in [-0.25, -0.2) is 4.98 Å². The molecule has 1 aliphatic heterocycles. The molecule has 14 heavy (non-hydrogen) atoms. The molecule has 0 amide bonds. The molecule has 1 aromatic heterocycles. The number of fused-ring (bicyclic) bond motifs is 2. The third kappa shape index (κ3) is 1.13. The van der Waals surface area contributed by atoms with Crippen LogP contribution in [0.15, 0.2) is 11.9 Å². The summed E-state index contributed by atoms with van der Waals surface area (Å²) in [5.41, 5.74) is 4.20. The molecule has 2 heteroatoms. The molecular formula is C12H16N2. The van der Waals surface area contributed by atoms with E-state index in [1.54, 1.807) is 5.57 Å². The van der Waals surface area contributed by atoms with Crippen LogP contribution in [0.25, 0.3) is 6.08 Å². The van der Waals surface area contributed by atoms with Crippen LogP contribution >= 0.6 is 0 Å². The topological polar surface area (TPSA) is 17.8 Å². The molecule has 0 N–H and O–H groups in total. The van der Waals surface area contributed by atoms with E-state index in [0.717, 1.165) is 5.92 Å². The van der Waals surface area contributed by atoms with Gasteiger partial charge in [-0.1, -0.05) is 12.0 Å². The average Bonchev–Trinajstić information content (AvgIpc) is 2.57. The maximum absolute atomic E-state index is 4.37. The van der Waals surface area contributed by atoms with Gasteiger partial charge in [0.2, 0.25) is 0 Å². The van der Waals surface area contributed by atoms with E-state index >= 15 is 0 Å². The second-order valence-corrected chi connectivity index (χ2v) is 4.53. The molecule has 2 heterocycles. The van der Waals surface area contributed by atoms with E-state index in [1.807, 2.05) is 6.33 Å². The summed E-state index contributed by atoms with van der Waals surface area (Å²) >= 11 is 0. The summed E-state index contributed by atoms with van der Waals surface area (Å²) in [5, 5.41) is 0. The van der Waals surface area contributed by atoms with Gasteiger partial charge in [-0.05, 0) is 38.2 Å². The van der Waals surface area contributed by atoms with Crippen molar-refractivity contribution in [3.63, 3.8) is 0 Å². The van der Waals surface area contributed by atoms with Crippen LogP contribution in [0.5, 0.6) is 0 Å². The maximum Gasteiger partial charge on any atom is 0.0954 e. The zero-order chi connectivity index (χ0) is 9.54. The van der Waals surface area contributed by atoms with Crippen molar-refractivity contribution in [1.82, 2.24) is 9.55 Å². The fourth-order valence-electron chi connectivity index (χ4n) is 2.75. The van der Waals surface area contributed by atoms with Crippen molar-refractivity contribution >= 4 is 6.08 Å². The lowest BCUT2D eigenvalue weighted by Gasteiger charge is -2.29. The summed E-state index contributed by atoms with van der Waals surface area (Å²) in [6, 6.07) is 0. The fourth-order valence-corrected chi connectivity index (χ4v) is 2.75. The predicted molar refractivity (Wildman–Crippen MR) is 56.9 cm³/mol. The Kier molecular flexibility index (Phi) is 1.76.